The number of anilines is 6. The number of fused-ring (bicyclic) bond motifs is 2. The molecule has 0 N–H and O–H groups in total. The zero-order valence-corrected chi connectivity index (χ0v) is 43.0. The Hall–Kier alpha value is -11.1. The molecule has 14 rings (SSSR count). The number of aromatic nitrogens is 8. The Morgan fingerprint density at radius 1 is 0.200 bits per heavy atom. The SMILES string of the molecule is c1ccc(-c2cc(-c3ccccc3)nc(N3c4ccccc4N(c4c(-c5ccccc5)cc(-c5nc(-c6ccccc6)nc(-c6ccccc6)n5)cc4-c4nc(-c5ccccc5)nc(-c5ccccc5)n4)c4ccccc43)n2)cc1. The summed E-state index contributed by atoms with van der Waals surface area (Å²) in [4.78, 5) is 47.2. The number of benzene rings is 10. The minimum Gasteiger partial charge on any atom is -0.305 e. The van der Waals surface area contributed by atoms with Crippen molar-refractivity contribution in [2.24, 2.45) is 0 Å². The average Bonchev–Trinajstić information content (AvgIpc) is 3.59. The molecule has 0 spiro atoms. The molecule has 13 aromatic rings. The lowest BCUT2D eigenvalue weighted by Crippen LogP contribution is -2.26. The number of hydrogen-bond acceptors (Lipinski definition) is 10. The second-order valence-electron chi connectivity index (χ2n) is 19.2. The van der Waals surface area contributed by atoms with Gasteiger partial charge in [0.2, 0.25) is 5.95 Å². The molecule has 0 saturated heterocycles. The van der Waals surface area contributed by atoms with Crippen LogP contribution in [0.2, 0.25) is 0 Å². The van der Waals surface area contributed by atoms with Gasteiger partial charge in [-0.1, -0.05) is 237 Å². The fourth-order valence-corrected chi connectivity index (χ4v) is 10.3. The lowest BCUT2D eigenvalue weighted by Gasteiger charge is -2.40. The van der Waals surface area contributed by atoms with Crippen LogP contribution in [0, 0.1) is 0 Å². The quantitative estimate of drug-likeness (QED) is 0.124. The zero-order chi connectivity index (χ0) is 53.2. The molecule has 376 valence electrons. The summed E-state index contributed by atoms with van der Waals surface area (Å²) in [5.74, 6) is 3.62. The first-order chi connectivity index (χ1) is 39.7. The Morgan fingerprint density at radius 3 is 0.838 bits per heavy atom. The van der Waals surface area contributed by atoms with E-state index in [2.05, 4.69) is 125 Å². The van der Waals surface area contributed by atoms with Crippen LogP contribution in [0.4, 0.5) is 34.4 Å². The van der Waals surface area contributed by atoms with Crippen LogP contribution in [0.3, 0.4) is 0 Å². The summed E-state index contributed by atoms with van der Waals surface area (Å²) in [7, 11) is 0. The van der Waals surface area contributed by atoms with Gasteiger partial charge in [-0.3, -0.25) is 4.90 Å². The molecule has 3 aromatic heterocycles. The van der Waals surface area contributed by atoms with Crippen LogP contribution >= 0.6 is 0 Å². The standard InChI is InChI=1S/C70H46N10/c1-8-26-47(27-9-1)55-44-54(68-75-64(50-32-14-4-15-33-50)73-65(76-68)51-34-16-5-17-35-51)45-56(69-77-66(52-36-18-6-19-37-52)74-67(78-69)53-38-20-7-21-39-53)63(55)79-59-40-22-24-42-61(59)80(62-43-25-23-41-60(62)79)70-71-57(48-28-10-2-11-29-48)46-58(72-70)49-30-12-3-13-31-49/h1-46H. The van der Waals surface area contributed by atoms with Gasteiger partial charge in [-0.15, -0.1) is 0 Å². The fraction of sp³-hybridized carbons (Fsp3) is 0. The molecule has 80 heavy (non-hydrogen) atoms. The van der Waals surface area contributed by atoms with E-state index in [1.165, 1.54) is 0 Å². The minimum absolute atomic E-state index is 0.455. The Kier molecular flexibility index (Phi) is 12.3. The molecule has 10 aromatic carbocycles. The molecule has 0 aliphatic carbocycles. The highest BCUT2D eigenvalue weighted by molar-refractivity contribution is 6.07. The highest BCUT2D eigenvalue weighted by atomic mass is 15.3. The van der Waals surface area contributed by atoms with Crippen LogP contribution in [0.15, 0.2) is 279 Å². The fourth-order valence-electron chi connectivity index (χ4n) is 10.3. The van der Waals surface area contributed by atoms with Gasteiger partial charge in [-0.2, -0.15) is 0 Å². The van der Waals surface area contributed by atoms with Gasteiger partial charge in [0.1, 0.15) is 0 Å². The first kappa shape index (κ1) is 47.4. The highest BCUT2D eigenvalue weighted by Crippen LogP contribution is 2.57. The van der Waals surface area contributed by atoms with E-state index in [0.717, 1.165) is 89.9 Å². The molecule has 0 unspecified atom stereocenters. The van der Waals surface area contributed by atoms with Crippen molar-refractivity contribution < 1.29 is 0 Å². The first-order valence-corrected chi connectivity index (χ1v) is 26.4. The summed E-state index contributed by atoms with van der Waals surface area (Å²) in [6.07, 6.45) is 0. The van der Waals surface area contributed by atoms with Gasteiger partial charge in [-0.25, -0.2) is 39.9 Å². The largest absolute Gasteiger partial charge is 0.305 e. The predicted octanol–water partition coefficient (Wildman–Crippen LogP) is 17.1. The van der Waals surface area contributed by atoms with Gasteiger partial charge in [-0.05, 0) is 48.0 Å². The van der Waals surface area contributed by atoms with E-state index in [4.69, 9.17) is 39.9 Å². The van der Waals surface area contributed by atoms with Crippen LogP contribution in [0.5, 0.6) is 0 Å². The van der Waals surface area contributed by atoms with E-state index in [-0.39, 0.29) is 0 Å². The monoisotopic (exact) mass is 1030 g/mol. The summed E-state index contributed by atoms with van der Waals surface area (Å²) >= 11 is 0. The molecule has 0 atom stereocenters. The molecule has 0 radical (unpaired) electrons. The maximum Gasteiger partial charge on any atom is 0.235 e. The third-order valence-corrected chi connectivity index (χ3v) is 14.1. The molecule has 1 aliphatic heterocycles. The predicted molar refractivity (Wildman–Crippen MR) is 321 cm³/mol. The molecule has 0 saturated carbocycles. The second kappa shape index (κ2) is 20.8. The normalized spacial score (nSPS) is 11.7. The van der Waals surface area contributed by atoms with Crippen molar-refractivity contribution in [3.05, 3.63) is 279 Å². The van der Waals surface area contributed by atoms with Crippen molar-refractivity contribution >= 4 is 34.4 Å². The minimum atomic E-state index is 0.455. The smallest absolute Gasteiger partial charge is 0.235 e. The summed E-state index contributed by atoms with van der Waals surface area (Å²) < 4.78 is 0. The molecule has 0 amide bonds. The van der Waals surface area contributed by atoms with Crippen LogP contribution in [0.25, 0.3) is 102 Å². The van der Waals surface area contributed by atoms with Gasteiger partial charge in [0.05, 0.1) is 39.8 Å². The van der Waals surface area contributed by atoms with Crippen LogP contribution in [0.1, 0.15) is 0 Å². The first-order valence-electron chi connectivity index (χ1n) is 26.4. The van der Waals surface area contributed by atoms with E-state index in [9.17, 15) is 0 Å². The lowest BCUT2D eigenvalue weighted by atomic mass is 9.93. The molecular weight excluding hydrogens is 981 g/mol. The van der Waals surface area contributed by atoms with Crippen LogP contribution in [-0.4, -0.2) is 39.9 Å². The van der Waals surface area contributed by atoms with Gasteiger partial charge in [0.15, 0.2) is 34.9 Å². The molecule has 10 nitrogen and oxygen atoms in total. The van der Waals surface area contributed by atoms with Crippen molar-refractivity contribution in [3.8, 4) is 102 Å². The van der Waals surface area contributed by atoms with Crippen molar-refractivity contribution in [3.63, 3.8) is 0 Å². The zero-order valence-electron chi connectivity index (χ0n) is 43.0. The third kappa shape index (κ3) is 9.08. The highest BCUT2D eigenvalue weighted by Gasteiger charge is 2.36. The second-order valence-corrected chi connectivity index (χ2v) is 19.2. The van der Waals surface area contributed by atoms with Gasteiger partial charge in [0, 0.05) is 50.1 Å². The molecular formula is C70H46N10. The van der Waals surface area contributed by atoms with E-state index in [1.807, 2.05) is 164 Å². The maximum atomic E-state index is 5.47. The Balaban J connectivity index is 1.07. The Morgan fingerprint density at radius 2 is 0.475 bits per heavy atom. The van der Waals surface area contributed by atoms with E-state index >= 15 is 0 Å². The lowest BCUT2D eigenvalue weighted by molar-refractivity contribution is 1.05. The molecule has 0 bridgehead atoms. The molecule has 4 heterocycles. The summed E-state index contributed by atoms with van der Waals surface area (Å²) in [6.45, 7) is 0. The van der Waals surface area contributed by atoms with Gasteiger partial charge >= 0.3 is 0 Å². The van der Waals surface area contributed by atoms with Crippen LogP contribution < -0.4 is 9.80 Å². The van der Waals surface area contributed by atoms with Crippen molar-refractivity contribution in [1.82, 2.24) is 39.9 Å². The van der Waals surface area contributed by atoms with Crippen molar-refractivity contribution in [2.45, 2.75) is 0 Å². The van der Waals surface area contributed by atoms with E-state index < -0.39 is 0 Å². The van der Waals surface area contributed by atoms with Crippen LogP contribution in [-0.2, 0) is 0 Å². The number of hydrogen-bond donors (Lipinski definition) is 0. The van der Waals surface area contributed by atoms with Gasteiger partial charge in [0.25, 0.3) is 0 Å². The van der Waals surface area contributed by atoms with Crippen molar-refractivity contribution in [1.29, 1.82) is 0 Å². The molecule has 0 fully saturated rings. The number of rotatable bonds is 11. The molecule has 1 aliphatic rings. The third-order valence-electron chi connectivity index (χ3n) is 14.1. The number of para-hydroxylation sites is 4. The Bertz CT molecular complexity index is 4120. The number of nitrogens with zero attached hydrogens (tertiary/aromatic N) is 10. The maximum absolute atomic E-state index is 5.47. The topological polar surface area (TPSA) is 110 Å². The summed E-state index contributed by atoms with van der Waals surface area (Å²) in [6, 6.07) is 94.6. The van der Waals surface area contributed by atoms with Crippen molar-refractivity contribution in [2.75, 3.05) is 9.80 Å². The average molecular weight is 1030 g/mol. The van der Waals surface area contributed by atoms with Gasteiger partial charge < -0.3 is 4.90 Å². The van der Waals surface area contributed by atoms with E-state index in [0.29, 0.717) is 46.5 Å². The van der Waals surface area contributed by atoms with E-state index in [1.54, 1.807) is 0 Å². The Labute approximate surface area is 462 Å². The summed E-state index contributed by atoms with van der Waals surface area (Å²) in [5.41, 5.74) is 14.6. The summed E-state index contributed by atoms with van der Waals surface area (Å²) in [5, 5.41) is 0. The molecule has 10 heteroatoms.